The molecule has 0 bridgehead atoms. The number of alkyl halides is 3. The van der Waals surface area contributed by atoms with Crippen molar-refractivity contribution in [3.05, 3.63) is 69.5 Å². The Morgan fingerprint density at radius 2 is 1.75 bits per heavy atom. The molecule has 184 valence electrons. The Hall–Kier alpha value is -4.80. The summed E-state index contributed by atoms with van der Waals surface area (Å²) in [5.74, 6) is -3.60. The van der Waals surface area contributed by atoms with Crippen LogP contribution < -0.4 is 21.9 Å². The fourth-order valence-electron chi connectivity index (χ4n) is 3.68. The van der Waals surface area contributed by atoms with Gasteiger partial charge in [-0.25, -0.2) is 18.3 Å². The highest BCUT2D eigenvalue weighted by Crippen LogP contribution is 2.36. The van der Waals surface area contributed by atoms with Gasteiger partial charge in [-0.2, -0.15) is 28.4 Å². The number of para-hydroxylation sites is 1. The number of nitrogen functional groups attached to an aromatic ring is 2. The molecular weight excluding hydrogens is 487 g/mol. The van der Waals surface area contributed by atoms with E-state index in [1.54, 1.807) is 6.07 Å². The predicted octanol–water partition coefficient (Wildman–Crippen LogP) is 3.67. The number of halogens is 5. The third-order valence-electron chi connectivity index (χ3n) is 5.15. The molecule has 4 rings (SSSR count). The maximum absolute atomic E-state index is 14.1. The van der Waals surface area contributed by atoms with E-state index in [4.69, 9.17) is 11.5 Å². The largest absolute Gasteiger partial charge is 0.418 e. The lowest BCUT2D eigenvalue weighted by Crippen LogP contribution is -2.31. The van der Waals surface area contributed by atoms with Crippen LogP contribution in [0.5, 0.6) is 0 Å². The van der Waals surface area contributed by atoms with Crippen LogP contribution in [0.15, 0.2) is 41.2 Å². The van der Waals surface area contributed by atoms with E-state index >= 15 is 0 Å². The van der Waals surface area contributed by atoms with Gasteiger partial charge >= 0.3 is 6.18 Å². The summed E-state index contributed by atoms with van der Waals surface area (Å²) in [6, 6.07) is 6.80. The van der Waals surface area contributed by atoms with Gasteiger partial charge in [0.15, 0.2) is 5.82 Å². The van der Waals surface area contributed by atoms with Crippen LogP contribution in [-0.2, 0) is 6.18 Å². The van der Waals surface area contributed by atoms with Crippen molar-refractivity contribution in [1.29, 1.82) is 5.26 Å². The molecule has 2 aromatic carbocycles. The van der Waals surface area contributed by atoms with E-state index < -0.39 is 45.8 Å². The van der Waals surface area contributed by atoms with Crippen molar-refractivity contribution in [2.24, 2.45) is 0 Å². The Balaban J connectivity index is 2.20. The lowest BCUT2D eigenvalue weighted by molar-refractivity contribution is -0.136. The molecule has 4 N–H and O–H groups in total. The van der Waals surface area contributed by atoms with Crippen LogP contribution >= 0.6 is 0 Å². The third-order valence-corrected chi connectivity index (χ3v) is 5.15. The summed E-state index contributed by atoms with van der Waals surface area (Å²) in [5.41, 5.74) is 7.78. The second kappa shape index (κ2) is 8.77. The van der Waals surface area contributed by atoms with Crippen molar-refractivity contribution in [3.8, 4) is 11.8 Å². The normalized spacial score (nSPS) is 11.5. The highest BCUT2D eigenvalue weighted by molar-refractivity contribution is 5.84. The molecule has 0 spiro atoms. The first-order valence-electron chi connectivity index (χ1n) is 10.2. The van der Waals surface area contributed by atoms with Crippen LogP contribution in [0, 0.1) is 23.0 Å². The zero-order chi connectivity index (χ0) is 26.4. The average molecular weight is 502 g/mol. The van der Waals surface area contributed by atoms with Gasteiger partial charge in [0.25, 0.3) is 5.56 Å². The number of benzene rings is 2. The lowest BCUT2D eigenvalue weighted by atomic mass is 10.1. The molecule has 0 aliphatic rings. The Morgan fingerprint density at radius 1 is 1.08 bits per heavy atom. The van der Waals surface area contributed by atoms with Gasteiger partial charge in [0.2, 0.25) is 11.9 Å². The number of hydrogen-bond donors (Lipinski definition) is 2. The predicted molar refractivity (Wildman–Crippen MR) is 121 cm³/mol. The second-order valence-corrected chi connectivity index (χ2v) is 7.40. The summed E-state index contributed by atoms with van der Waals surface area (Å²) in [6.45, 7) is 1.38. The van der Waals surface area contributed by atoms with E-state index in [0.717, 1.165) is 35.2 Å². The lowest BCUT2D eigenvalue weighted by Gasteiger charge is -2.26. The van der Waals surface area contributed by atoms with Gasteiger partial charge in [-0.05, 0) is 31.2 Å². The molecule has 0 saturated heterocycles. The topological polar surface area (TPSA) is 140 Å². The Bertz CT molecular complexity index is 1590. The van der Waals surface area contributed by atoms with Crippen molar-refractivity contribution < 1.29 is 22.0 Å². The van der Waals surface area contributed by atoms with Gasteiger partial charge < -0.3 is 11.5 Å². The Kier molecular flexibility index (Phi) is 5.92. The fourth-order valence-corrected chi connectivity index (χ4v) is 3.68. The van der Waals surface area contributed by atoms with Gasteiger partial charge in [-0.3, -0.25) is 9.69 Å². The summed E-state index contributed by atoms with van der Waals surface area (Å²) in [6.07, 6.45) is -4.88. The molecule has 0 saturated carbocycles. The number of aromatic nitrogens is 4. The van der Waals surface area contributed by atoms with E-state index in [1.165, 1.54) is 6.92 Å². The van der Waals surface area contributed by atoms with Gasteiger partial charge in [0.05, 0.1) is 22.2 Å². The van der Waals surface area contributed by atoms with Crippen LogP contribution in [0.1, 0.15) is 18.1 Å². The second-order valence-electron chi connectivity index (χ2n) is 7.40. The maximum atomic E-state index is 14.1. The van der Waals surface area contributed by atoms with Gasteiger partial charge in [-0.15, -0.1) is 0 Å². The first-order chi connectivity index (χ1) is 17.0. The average Bonchev–Trinajstić information content (AvgIpc) is 2.78. The first-order valence-corrected chi connectivity index (χ1v) is 10.2. The zero-order valence-corrected chi connectivity index (χ0v) is 18.3. The first kappa shape index (κ1) is 24.3. The quantitative estimate of drug-likeness (QED) is 0.403. The summed E-state index contributed by atoms with van der Waals surface area (Å²) in [7, 11) is 0. The minimum atomic E-state index is -4.88. The Morgan fingerprint density at radius 3 is 2.33 bits per heavy atom. The molecule has 2 heterocycles. The summed E-state index contributed by atoms with van der Waals surface area (Å²) >= 11 is 0. The van der Waals surface area contributed by atoms with E-state index in [-0.39, 0.29) is 35.4 Å². The van der Waals surface area contributed by atoms with Gasteiger partial charge in [-0.1, -0.05) is 6.07 Å². The zero-order valence-electron chi connectivity index (χ0n) is 18.3. The van der Waals surface area contributed by atoms with Crippen LogP contribution in [0.25, 0.3) is 16.6 Å². The molecule has 0 radical (unpaired) electrons. The third kappa shape index (κ3) is 4.11. The monoisotopic (exact) mass is 502 g/mol. The van der Waals surface area contributed by atoms with E-state index in [0.29, 0.717) is 10.6 Å². The highest BCUT2D eigenvalue weighted by Gasteiger charge is 2.35. The van der Waals surface area contributed by atoms with Crippen LogP contribution in [0.4, 0.5) is 45.5 Å². The number of hydrogen-bond acceptors (Lipinski definition) is 8. The SMILES string of the molecule is CCN(c1nc(N)nc(N)c1C#N)c1nc2c(C(F)(F)F)cccc2c(=O)n1-c1cc(F)cc(F)c1. The molecule has 0 atom stereocenters. The Labute approximate surface area is 199 Å². The van der Waals surface area contributed by atoms with Crippen molar-refractivity contribution in [2.45, 2.75) is 13.1 Å². The standard InChI is InChI=1S/C22H15F5N8O/c1-2-34(18-14(9-28)17(29)32-20(30)33-18)21-31-16-13(4-3-5-15(16)22(25,26)27)19(36)35(21)12-7-10(23)6-11(24)8-12/h3-8H,2H2,1H3,(H4,29,30,32,33). The molecule has 0 fully saturated rings. The number of nitrogens with zero attached hydrogens (tertiary/aromatic N) is 6. The van der Waals surface area contributed by atoms with Crippen LogP contribution in [0.2, 0.25) is 0 Å². The van der Waals surface area contributed by atoms with Gasteiger partial charge in [0, 0.05) is 12.6 Å². The van der Waals surface area contributed by atoms with Crippen molar-refractivity contribution in [2.75, 3.05) is 22.9 Å². The minimum absolute atomic E-state index is 0.130. The molecule has 2 aromatic heterocycles. The maximum Gasteiger partial charge on any atom is 0.418 e. The molecule has 0 amide bonds. The molecule has 0 aliphatic heterocycles. The molecule has 9 nitrogen and oxygen atoms in total. The number of rotatable bonds is 4. The number of nitriles is 1. The van der Waals surface area contributed by atoms with Crippen LogP contribution in [0.3, 0.4) is 0 Å². The van der Waals surface area contributed by atoms with Crippen molar-refractivity contribution >= 4 is 34.4 Å². The van der Waals surface area contributed by atoms with E-state index in [9.17, 15) is 32.0 Å². The van der Waals surface area contributed by atoms with E-state index in [1.807, 2.05) is 0 Å². The molecule has 0 unspecified atom stereocenters. The van der Waals surface area contributed by atoms with E-state index in [2.05, 4.69) is 15.0 Å². The van der Waals surface area contributed by atoms with Crippen LogP contribution in [-0.4, -0.2) is 26.1 Å². The summed E-state index contributed by atoms with van der Waals surface area (Å²) < 4.78 is 70.3. The summed E-state index contributed by atoms with van der Waals surface area (Å²) in [5, 5.41) is 9.14. The summed E-state index contributed by atoms with van der Waals surface area (Å²) in [4.78, 5) is 26.4. The molecule has 4 aromatic rings. The molecule has 0 aliphatic carbocycles. The number of nitrogens with two attached hydrogens (primary N) is 2. The molecular formula is C22H15F5N8O. The number of anilines is 4. The fraction of sp³-hybridized carbons (Fsp3) is 0.136. The smallest absolute Gasteiger partial charge is 0.382 e. The van der Waals surface area contributed by atoms with Crippen molar-refractivity contribution in [3.63, 3.8) is 0 Å². The molecule has 36 heavy (non-hydrogen) atoms. The number of fused-ring (bicyclic) bond motifs is 1. The minimum Gasteiger partial charge on any atom is -0.382 e. The highest BCUT2D eigenvalue weighted by atomic mass is 19.4. The molecule has 14 heteroatoms. The van der Waals surface area contributed by atoms with Crippen molar-refractivity contribution in [1.82, 2.24) is 19.5 Å². The van der Waals surface area contributed by atoms with Gasteiger partial charge in [0.1, 0.15) is 29.1 Å².